The number of thioether (sulfide) groups is 1. The van der Waals surface area contributed by atoms with Gasteiger partial charge >= 0.3 is 5.97 Å². The van der Waals surface area contributed by atoms with Gasteiger partial charge in [0.05, 0.1) is 12.4 Å². The van der Waals surface area contributed by atoms with Crippen LogP contribution in [0.1, 0.15) is 5.56 Å². The molecule has 0 saturated carbocycles. The van der Waals surface area contributed by atoms with Gasteiger partial charge < -0.3 is 10.4 Å². The summed E-state index contributed by atoms with van der Waals surface area (Å²) in [6.07, 6.45) is 4.10. The van der Waals surface area contributed by atoms with E-state index in [0.29, 0.717) is 12.4 Å². The fraction of sp³-hybridized carbons (Fsp3) is 0.286. The van der Waals surface area contributed by atoms with Gasteiger partial charge in [0.1, 0.15) is 6.34 Å². The van der Waals surface area contributed by atoms with Gasteiger partial charge in [-0.2, -0.15) is 0 Å². The molecule has 110 valence electrons. The highest BCUT2D eigenvalue weighted by Crippen LogP contribution is 2.19. The summed E-state index contributed by atoms with van der Waals surface area (Å²) < 4.78 is 0. The zero-order valence-corrected chi connectivity index (χ0v) is 12.2. The minimum atomic E-state index is -1.01. The predicted molar refractivity (Wildman–Crippen MR) is 88.0 cm³/mol. The van der Waals surface area contributed by atoms with Gasteiger partial charge in [-0.25, -0.2) is 9.79 Å². The molecule has 0 amide bonds. The summed E-state index contributed by atoms with van der Waals surface area (Å²) >= 11 is 1.09. The predicted octanol–water partition coefficient (Wildman–Crippen LogP) is 1.93. The molecule has 1 aromatic carbocycles. The lowest BCUT2D eigenvalue weighted by Crippen LogP contribution is -2.09. The molecule has 2 heterocycles. The molecule has 0 aliphatic carbocycles. The van der Waals surface area contributed by atoms with Crippen LogP contribution in [0.3, 0.4) is 0 Å². The van der Waals surface area contributed by atoms with E-state index in [9.17, 15) is 4.79 Å². The van der Waals surface area contributed by atoms with Crippen LogP contribution in [0.2, 0.25) is 0 Å². The van der Waals surface area contributed by atoms with E-state index >= 15 is 0 Å². The summed E-state index contributed by atoms with van der Waals surface area (Å²) in [4.78, 5) is 21.9. The van der Waals surface area contributed by atoms with Crippen molar-refractivity contribution in [3.63, 3.8) is 0 Å². The van der Waals surface area contributed by atoms with Crippen molar-refractivity contribution in [2.75, 3.05) is 24.3 Å². The highest BCUT2D eigenvalue weighted by Gasteiger charge is 2.08. The lowest BCUT2D eigenvalue weighted by atomic mass is 10.2. The third-order valence-electron chi connectivity index (χ3n) is 2.76. The molecule has 0 fully saturated rings. The molecule has 7 heteroatoms. The van der Waals surface area contributed by atoms with Crippen LogP contribution in [-0.4, -0.2) is 47.6 Å². The number of carboxylic acids is 1. The van der Waals surface area contributed by atoms with Crippen molar-refractivity contribution in [2.45, 2.75) is 6.42 Å². The van der Waals surface area contributed by atoms with Crippen molar-refractivity contribution in [3.05, 3.63) is 29.8 Å². The summed E-state index contributed by atoms with van der Waals surface area (Å²) in [6, 6.07) is 8.46. The van der Waals surface area contributed by atoms with Crippen LogP contribution < -0.4 is 5.32 Å². The standard InChI is InChI=1S/C8H9N.C6H7N3O2S/c1-2-4-8-7(3-1)5-6-9-8;10-6(11)5-9-2-1-7-3-8-4-12-5/h1-4,9H,5-6H2;1,3H,2,4H2,(H,10,11)/b;7-1?,8-3-,9-5?. The van der Waals surface area contributed by atoms with Crippen LogP contribution in [0, 0.1) is 0 Å². The summed E-state index contributed by atoms with van der Waals surface area (Å²) in [5.74, 6) is -0.659. The first-order valence-electron chi connectivity index (χ1n) is 6.49. The number of nitrogens with one attached hydrogen (secondary N) is 1. The maximum atomic E-state index is 10.5. The maximum Gasteiger partial charge on any atom is 0.360 e. The number of carboxylic acid groups (broad SMARTS) is 1. The number of rotatable bonds is 1. The van der Waals surface area contributed by atoms with E-state index in [2.05, 4.69) is 44.6 Å². The Hall–Kier alpha value is -2.15. The first-order valence-corrected chi connectivity index (χ1v) is 7.48. The van der Waals surface area contributed by atoms with Gasteiger partial charge in [-0.3, -0.25) is 9.98 Å². The van der Waals surface area contributed by atoms with Crippen molar-refractivity contribution in [3.8, 4) is 0 Å². The zero-order valence-electron chi connectivity index (χ0n) is 11.4. The fourth-order valence-electron chi connectivity index (χ4n) is 1.81. The first kappa shape index (κ1) is 15.2. The number of fused-ring (bicyclic) bond motifs is 1. The van der Waals surface area contributed by atoms with E-state index in [0.717, 1.165) is 18.3 Å². The number of carbonyl (C=O) groups is 1. The topological polar surface area (TPSA) is 86.4 Å². The monoisotopic (exact) mass is 304 g/mol. The van der Waals surface area contributed by atoms with Gasteiger partial charge in [0, 0.05) is 18.4 Å². The van der Waals surface area contributed by atoms with E-state index in [1.807, 2.05) is 0 Å². The van der Waals surface area contributed by atoms with Crippen LogP contribution in [0.15, 0.2) is 39.2 Å². The van der Waals surface area contributed by atoms with Crippen LogP contribution >= 0.6 is 11.8 Å². The van der Waals surface area contributed by atoms with E-state index < -0.39 is 5.97 Å². The molecule has 2 aliphatic rings. The third-order valence-corrected chi connectivity index (χ3v) is 3.61. The fourth-order valence-corrected chi connectivity index (χ4v) is 2.37. The Morgan fingerprint density at radius 3 is 3.00 bits per heavy atom. The highest BCUT2D eigenvalue weighted by molar-refractivity contribution is 8.15. The Labute approximate surface area is 127 Å². The molecular formula is C14H16N4O2S. The smallest absolute Gasteiger partial charge is 0.360 e. The molecule has 6 nitrogen and oxygen atoms in total. The molecule has 0 aromatic heterocycles. The maximum absolute atomic E-state index is 10.5. The number of anilines is 1. The molecule has 21 heavy (non-hydrogen) atoms. The average Bonchev–Trinajstić information content (AvgIpc) is 3.00. The Balaban J connectivity index is 0.000000159. The summed E-state index contributed by atoms with van der Waals surface area (Å²) in [6.45, 7) is 1.40. The van der Waals surface area contributed by atoms with Gasteiger partial charge in [0.15, 0.2) is 5.04 Å². The first-order chi connectivity index (χ1) is 10.3. The average molecular weight is 304 g/mol. The molecule has 3 rings (SSSR count). The van der Waals surface area contributed by atoms with Gasteiger partial charge in [-0.05, 0) is 18.1 Å². The number of nitrogens with zero attached hydrogens (tertiary/aromatic N) is 3. The highest BCUT2D eigenvalue weighted by atomic mass is 32.2. The molecule has 2 aliphatic heterocycles. The van der Waals surface area contributed by atoms with Crippen LogP contribution in [-0.2, 0) is 11.2 Å². The number of hydrogen-bond acceptors (Lipinski definition) is 6. The molecule has 0 bridgehead atoms. The zero-order chi connectivity index (χ0) is 14.9. The van der Waals surface area contributed by atoms with Crippen LogP contribution in [0.4, 0.5) is 5.69 Å². The van der Waals surface area contributed by atoms with Gasteiger partial charge in [0.2, 0.25) is 0 Å². The second-order valence-corrected chi connectivity index (χ2v) is 5.12. The second-order valence-electron chi connectivity index (χ2n) is 4.19. The summed E-state index contributed by atoms with van der Waals surface area (Å²) in [7, 11) is 0. The Bertz CT molecular complexity index is 561. The molecule has 2 N–H and O–H groups in total. The lowest BCUT2D eigenvalue weighted by Gasteiger charge is -1.95. The van der Waals surface area contributed by atoms with Gasteiger partial charge in [-0.15, -0.1) is 0 Å². The normalized spacial score (nSPS) is 17.8. The molecule has 0 radical (unpaired) electrons. The summed E-state index contributed by atoms with van der Waals surface area (Å²) in [5.41, 5.74) is 2.77. The largest absolute Gasteiger partial charge is 0.476 e. The number of hydrogen-bond donors (Lipinski definition) is 2. The van der Waals surface area contributed by atoms with Crippen molar-refractivity contribution in [2.24, 2.45) is 15.0 Å². The van der Waals surface area contributed by atoms with Crippen molar-refractivity contribution < 1.29 is 9.90 Å². The number of para-hydroxylation sites is 1. The summed E-state index contributed by atoms with van der Waals surface area (Å²) in [5, 5.41) is 12.0. The lowest BCUT2D eigenvalue weighted by molar-refractivity contribution is -0.129. The third kappa shape index (κ3) is 5.03. The Morgan fingerprint density at radius 2 is 2.19 bits per heavy atom. The number of aliphatic imine (C=N–C) groups is 3. The molecule has 1 aromatic rings. The number of benzene rings is 1. The second kappa shape index (κ2) is 8.21. The minimum absolute atomic E-state index is 0.0838. The number of aliphatic carboxylic acids is 1. The van der Waals surface area contributed by atoms with E-state index in [1.165, 1.54) is 30.2 Å². The van der Waals surface area contributed by atoms with Gasteiger partial charge in [0.25, 0.3) is 0 Å². The van der Waals surface area contributed by atoms with E-state index in [4.69, 9.17) is 5.11 Å². The van der Waals surface area contributed by atoms with Crippen molar-refractivity contribution in [1.29, 1.82) is 0 Å². The van der Waals surface area contributed by atoms with E-state index in [-0.39, 0.29) is 5.04 Å². The van der Waals surface area contributed by atoms with Crippen molar-refractivity contribution >= 4 is 41.0 Å². The van der Waals surface area contributed by atoms with Crippen LogP contribution in [0.5, 0.6) is 0 Å². The van der Waals surface area contributed by atoms with Gasteiger partial charge in [-0.1, -0.05) is 30.0 Å². The van der Waals surface area contributed by atoms with E-state index in [1.54, 1.807) is 0 Å². The van der Waals surface area contributed by atoms with Crippen LogP contribution in [0.25, 0.3) is 0 Å². The Morgan fingerprint density at radius 1 is 1.33 bits per heavy atom. The van der Waals surface area contributed by atoms with Crippen molar-refractivity contribution in [1.82, 2.24) is 0 Å². The molecule has 0 spiro atoms. The molecule has 0 saturated heterocycles. The molecule has 0 atom stereocenters. The SMILES string of the molecule is O=C(O)C1=NCC=N/C=N\CS1.c1ccc2c(c1)CCN2. The Kier molecular flexibility index (Phi) is 5.96. The molecule has 0 unspecified atom stereocenters. The quantitative estimate of drug-likeness (QED) is 0.830. The minimum Gasteiger partial charge on any atom is -0.476 e. The molecular weight excluding hydrogens is 288 g/mol.